The zero-order chi connectivity index (χ0) is 11.4. The Labute approximate surface area is 101 Å². The third kappa shape index (κ3) is 3.35. The summed E-state index contributed by atoms with van der Waals surface area (Å²) in [7, 11) is 0. The molecule has 1 rings (SSSR count). The van der Waals surface area contributed by atoms with Crippen molar-refractivity contribution in [1.82, 2.24) is 9.97 Å². The van der Waals surface area contributed by atoms with Crippen LogP contribution in [0.3, 0.4) is 0 Å². The standard InChI is InChI=1S/C11H17ClN2S/c1-5-6-15-11-8(4)9(12)13-10(14-11)7(2)3/h7H,5-6H2,1-4H3. The van der Waals surface area contributed by atoms with Crippen molar-refractivity contribution in [2.45, 2.75) is 45.1 Å². The number of hydrogen-bond donors (Lipinski definition) is 0. The summed E-state index contributed by atoms with van der Waals surface area (Å²) in [5.41, 5.74) is 1.000. The Morgan fingerprint density at radius 3 is 2.53 bits per heavy atom. The van der Waals surface area contributed by atoms with Crippen molar-refractivity contribution in [3.63, 3.8) is 0 Å². The topological polar surface area (TPSA) is 25.8 Å². The van der Waals surface area contributed by atoms with Crippen molar-refractivity contribution >= 4 is 23.4 Å². The maximum Gasteiger partial charge on any atom is 0.136 e. The molecule has 4 heteroatoms. The zero-order valence-corrected chi connectivity index (χ0v) is 11.2. The predicted molar refractivity (Wildman–Crippen MR) is 66.9 cm³/mol. The Morgan fingerprint density at radius 2 is 2.00 bits per heavy atom. The van der Waals surface area contributed by atoms with Gasteiger partial charge >= 0.3 is 0 Å². The minimum absolute atomic E-state index is 0.323. The molecule has 0 radical (unpaired) electrons. The molecule has 0 aliphatic heterocycles. The third-order valence-corrected chi connectivity index (χ3v) is 3.67. The van der Waals surface area contributed by atoms with Crippen LogP contribution in [0.25, 0.3) is 0 Å². The lowest BCUT2D eigenvalue weighted by Crippen LogP contribution is -2.01. The number of rotatable bonds is 4. The number of nitrogens with zero attached hydrogens (tertiary/aromatic N) is 2. The number of aromatic nitrogens is 2. The maximum absolute atomic E-state index is 6.08. The molecule has 0 aliphatic rings. The first kappa shape index (κ1) is 12.8. The van der Waals surface area contributed by atoms with Crippen LogP contribution < -0.4 is 0 Å². The van der Waals surface area contributed by atoms with Gasteiger partial charge in [0, 0.05) is 11.5 Å². The molecule has 0 aromatic carbocycles. The molecule has 0 atom stereocenters. The van der Waals surface area contributed by atoms with Gasteiger partial charge in [0.05, 0.1) is 0 Å². The molecule has 1 aromatic rings. The smallest absolute Gasteiger partial charge is 0.136 e. The summed E-state index contributed by atoms with van der Waals surface area (Å²) in [6.07, 6.45) is 1.14. The van der Waals surface area contributed by atoms with Crippen molar-refractivity contribution in [2.75, 3.05) is 5.75 Å². The second-order valence-corrected chi connectivity index (χ2v) is 5.25. The van der Waals surface area contributed by atoms with Crippen LogP contribution in [0.2, 0.25) is 5.15 Å². The van der Waals surface area contributed by atoms with Gasteiger partial charge in [0.2, 0.25) is 0 Å². The van der Waals surface area contributed by atoms with Crippen LogP contribution in [0, 0.1) is 6.92 Å². The molecule has 0 amide bonds. The molecule has 15 heavy (non-hydrogen) atoms. The largest absolute Gasteiger partial charge is 0.226 e. The van der Waals surface area contributed by atoms with Crippen molar-refractivity contribution in [2.24, 2.45) is 0 Å². The van der Waals surface area contributed by atoms with Crippen LogP contribution in [0.15, 0.2) is 5.03 Å². The molecular formula is C11H17ClN2S. The monoisotopic (exact) mass is 244 g/mol. The van der Waals surface area contributed by atoms with E-state index in [1.807, 2.05) is 6.92 Å². The van der Waals surface area contributed by atoms with E-state index in [4.69, 9.17) is 11.6 Å². The van der Waals surface area contributed by atoms with Gasteiger partial charge in [-0.15, -0.1) is 11.8 Å². The third-order valence-electron chi connectivity index (χ3n) is 2.02. The zero-order valence-electron chi connectivity index (χ0n) is 9.67. The Morgan fingerprint density at radius 1 is 1.33 bits per heavy atom. The van der Waals surface area contributed by atoms with Gasteiger partial charge in [-0.1, -0.05) is 32.4 Å². The summed E-state index contributed by atoms with van der Waals surface area (Å²) >= 11 is 7.83. The fourth-order valence-electron chi connectivity index (χ4n) is 1.08. The highest BCUT2D eigenvalue weighted by Gasteiger charge is 2.11. The van der Waals surface area contributed by atoms with E-state index in [2.05, 4.69) is 30.7 Å². The van der Waals surface area contributed by atoms with Crippen LogP contribution >= 0.6 is 23.4 Å². The molecule has 0 fully saturated rings. The van der Waals surface area contributed by atoms with Crippen molar-refractivity contribution in [3.8, 4) is 0 Å². The summed E-state index contributed by atoms with van der Waals surface area (Å²) in [5, 5.41) is 1.62. The Kier molecular flexibility index (Phi) is 4.87. The maximum atomic E-state index is 6.08. The highest BCUT2D eigenvalue weighted by Crippen LogP contribution is 2.27. The number of thioether (sulfide) groups is 1. The summed E-state index contributed by atoms with van der Waals surface area (Å²) < 4.78 is 0. The molecule has 0 saturated carbocycles. The minimum Gasteiger partial charge on any atom is -0.226 e. The van der Waals surface area contributed by atoms with E-state index in [1.54, 1.807) is 11.8 Å². The van der Waals surface area contributed by atoms with Crippen LogP contribution in [-0.4, -0.2) is 15.7 Å². The minimum atomic E-state index is 0.323. The second-order valence-electron chi connectivity index (χ2n) is 3.81. The summed E-state index contributed by atoms with van der Waals surface area (Å²) in [5.74, 6) is 2.24. The Balaban J connectivity index is 3.02. The average Bonchev–Trinajstić information content (AvgIpc) is 2.19. The Hall–Kier alpha value is -0.280. The SMILES string of the molecule is CCCSc1nc(C(C)C)nc(Cl)c1C. The molecule has 1 aromatic heterocycles. The lowest BCUT2D eigenvalue weighted by molar-refractivity contribution is 0.747. The molecule has 0 bridgehead atoms. The highest BCUT2D eigenvalue weighted by atomic mass is 35.5. The van der Waals surface area contributed by atoms with Gasteiger partial charge in [-0.3, -0.25) is 0 Å². The van der Waals surface area contributed by atoms with Gasteiger partial charge in [-0.25, -0.2) is 9.97 Å². The van der Waals surface area contributed by atoms with E-state index in [0.717, 1.165) is 28.6 Å². The van der Waals surface area contributed by atoms with Crippen molar-refractivity contribution in [1.29, 1.82) is 0 Å². The first-order valence-electron chi connectivity index (χ1n) is 5.23. The van der Waals surface area contributed by atoms with Crippen LogP contribution in [0.1, 0.15) is 44.5 Å². The molecular weight excluding hydrogens is 228 g/mol. The normalized spacial score (nSPS) is 11.1. The van der Waals surface area contributed by atoms with E-state index < -0.39 is 0 Å². The van der Waals surface area contributed by atoms with Crippen LogP contribution in [0.4, 0.5) is 0 Å². The van der Waals surface area contributed by atoms with Gasteiger partial charge in [-0.05, 0) is 19.1 Å². The van der Waals surface area contributed by atoms with Gasteiger partial charge in [0.1, 0.15) is 16.0 Å². The van der Waals surface area contributed by atoms with Gasteiger partial charge in [0.25, 0.3) is 0 Å². The molecule has 0 aliphatic carbocycles. The van der Waals surface area contributed by atoms with Crippen molar-refractivity contribution < 1.29 is 0 Å². The molecule has 2 nitrogen and oxygen atoms in total. The first-order chi connectivity index (χ1) is 7.06. The quantitative estimate of drug-likeness (QED) is 0.590. The molecule has 84 valence electrons. The van der Waals surface area contributed by atoms with Gasteiger partial charge < -0.3 is 0 Å². The predicted octanol–water partition coefficient (Wildman–Crippen LogP) is 4.06. The lowest BCUT2D eigenvalue weighted by atomic mass is 10.2. The van der Waals surface area contributed by atoms with Gasteiger partial charge in [0.15, 0.2) is 0 Å². The van der Waals surface area contributed by atoms with Crippen molar-refractivity contribution in [3.05, 3.63) is 16.5 Å². The van der Waals surface area contributed by atoms with Crippen LogP contribution in [0.5, 0.6) is 0 Å². The fraction of sp³-hybridized carbons (Fsp3) is 0.636. The summed E-state index contributed by atoms with van der Waals surface area (Å²) in [4.78, 5) is 8.82. The number of halogens is 1. The molecule has 0 N–H and O–H groups in total. The van der Waals surface area contributed by atoms with E-state index in [0.29, 0.717) is 11.1 Å². The van der Waals surface area contributed by atoms with E-state index >= 15 is 0 Å². The van der Waals surface area contributed by atoms with E-state index in [9.17, 15) is 0 Å². The fourth-order valence-corrected chi connectivity index (χ4v) is 2.18. The van der Waals surface area contributed by atoms with E-state index in [-0.39, 0.29) is 0 Å². The molecule has 0 saturated heterocycles. The summed E-state index contributed by atoms with van der Waals surface area (Å²) in [6.45, 7) is 8.30. The number of hydrogen-bond acceptors (Lipinski definition) is 3. The highest BCUT2D eigenvalue weighted by molar-refractivity contribution is 7.99. The second kappa shape index (κ2) is 5.71. The first-order valence-corrected chi connectivity index (χ1v) is 6.59. The average molecular weight is 245 g/mol. The Bertz CT molecular complexity index is 340. The van der Waals surface area contributed by atoms with E-state index in [1.165, 1.54) is 0 Å². The van der Waals surface area contributed by atoms with Gasteiger partial charge in [-0.2, -0.15) is 0 Å². The van der Waals surface area contributed by atoms with Crippen LogP contribution in [-0.2, 0) is 0 Å². The molecule has 0 unspecified atom stereocenters. The summed E-state index contributed by atoms with van der Waals surface area (Å²) in [6, 6.07) is 0. The molecule has 0 spiro atoms. The molecule has 1 heterocycles. The lowest BCUT2D eigenvalue weighted by Gasteiger charge is -2.10.